The van der Waals surface area contributed by atoms with Crippen LogP contribution in [0, 0.1) is 0 Å². The number of ketones is 1. The zero-order valence-corrected chi connectivity index (χ0v) is 18.7. The van der Waals surface area contributed by atoms with Crippen LogP contribution in [0.25, 0.3) is 0 Å². The first kappa shape index (κ1) is 21.9. The fraction of sp³-hybridized carbons (Fsp3) is 0.458. The molecule has 1 spiro atoms. The molecule has 1 saturated heterocycles. The largest absolute Gasteiger partial charge is 0.497 e. The molecule has 0 saturated carbocycles. The number of aliphatic hydroxyl groups excluding tert-OH is 1. The Labute approximate surface area is 187 Å². The van der Waals surface area contributed by atoms with Gasteiger partial charge in [0, 0.05) is 50.0 Å². The highest BCUT2D eigenvalue weighted by molar-refractivity contribution is 6.30. The van der Waals surface area contributed by atoms with Crippen LogP contribution in [0.15, 0.2) is 36.4 Å². The van der Waals surface area contributed by atoms with E-state index >= 15 is 0 Å². The third-order valence-electron chi connectivity index (χ3n) is 6.10. The maximum Gasteiger partial charge on any atom is 0.163 e. The number of hydrogen-bond donors (Lipinski definition) is 1. The Hall–Kier alpha value is -2.28. The maximum atomic E-state index is 11.8. The van der Waals surface area contributed by atoms with E-state index in [1.54, 1.807) is 25.3 Å². The normalized spacial score (nSPS) is 18.3. The van der Waals surface area contributed by atoms with Crippen LogP contribution in [0.5, 0.6) is 17.2 Å². The minimum absolute atomic E-state index is 0.0904. The minimum atomic E-state index is -0.666. The number of carbonyl (C=O) groups excluding carboxylic acids is 1. The van der Waals surface area contributed by atoms with E-state index in [4.69, 9.17) is 25.8 Å². The molecule has 0 unspecified atom stereocenters. The van der Waals surface area contributed by atoms with Gasteiger partial charge in [-0.3, -0.25) is 4.79 Å². The average molecular weight is 446 g/mol. The van der Waals surface area contributed by atoms with Crippen LogP contribution < -0.4 is 14.2 Å². The van der Waals surface area contributed by atoms with Gasteiger partial charge in [-0.25, -0.2) is 0 Å². The van der Waals surface area contributed by atoms with Gasteiger partial charge in [-0.2, -0.15) is 0 Å². The van der Waals surface area contributed by atoms with Gasteiger partial charge in [0.1, 0.15) is 35.6 Å². The standard InChI is InChI=1S/C24H28ClNO5/c1-16(27)21-5-4-20(29-2)12-23(21)30-15-19(28)14-26-9-7-24(8-10-26)13-17-11-18(25)3-6-22(17)31-24/h3-6,11-12,19,28H,7-10,13-15H2,1-2H3/t19-/m1/s1. The molecule has 0 radical (unpaired) electrons. The Morgan fingerprint density at radius 2 is 2.03 bits per heavy atom. The third kappa shape index (κ3) is 4.97. The molecule has 0 bridgehead atoms. The first-order valence-corrected chi connectivity index (χ1v) is 10.9. The van der Waals surface area contributed by atoms with Crippen LogP contribution >= 0.6 is 11.6 Å². The number of aliphatic hydroxyl groups is 1. The van der Waals surface area contributed by atoms with E-state index in [-0.39, 0.29) is 18.0 Å². The number of halogens is 1. The highest BCUT2D eigenvalue weighted by Gasteiger charge is 2.42. The molecule has 1 fully saturated rings. The van der Waals surface area contributed by atoms with Gasteiger partial charge in [0.15, 0.2) is 5.78 Å². The first-order chi connectivity index (χ1) is 14.9. The van der Waals surface area contributed by atoms with Gasteiger partial charge in [-0.05, 0) is 42.8 Å². The van der Waals surface area contributed by atoms with E-state index in [0.29, 0.717) is 23.6 Å². The fourth-order valence-electron chi connectivity index (χ4n) is 4.40. The molecular weight excluding hydrogens is 418 g/mol. The summed E-state index contributed by atoms with van der Waals surface area (Å²) in [5, 5.41) is 11.3. The van der Waals surface area contributed by atoms with Crippen LogP contribution in [0.3, 0.4) is 0 Å². The number of carbonyl (C=O) groups is 1. The zero-order chi connectivity index (χ0) is 22.0. The smallest absolute Gasteiger partial charge is 0.163 e. The van der Waals surface area contributed by atoms with Gasteiger partial charge in [-0.1, -0.05) is 11.6 Å². The lowest BCUT2D eigenvalue weighted by molar-refractivity contribution is -0.00200. The number of piperidine rings is 1. The quantitative estimate of drug-likeness (QED) is 0.654. The van der Waals surface area contributed by atoms with E-state index in [1.165, 1.54) is 12.5 Å². The molecule has 0 aliphatic carbocycles. The summed E-state index contributed by atoms with van der Waals surface area (Å²) < 4.78 is 17.3. The molecule has 0 amide bonds. The molecule has 2 aliphatic heterocycles. The lowest BCUT2D eigenvalue weighted by Gasteiger charge is -2.39. The molecule has 2 heterocycles. The Kier molecular flexibility index (Phi) is 6.42. The van der Waals surface area contributed by atoms with Crippen molar-refractivity contribution in [2.75, 3.05) is 33.4 Å². The van der Waals surface area contributed by atoms with Gasteiger partial charge < -0.3 is 24.2 Å². The van der Waals surface area contributed by atoms with E-state index < -0.39 is 6.10 Å². The lowest BCUT2D eigenvalue weighted by Crippen LogP contribution is -2.49. The van der Waals surface area contributed by atoms with Crippen LogP contribution in [0.1, 0.15) is 35.7 Å². The summed E-state index contributed by atoms with van der Waals surface area (Å²) >= 11 is 6.12. The SMILES string of the molecule is COc1ccc(C(C)=O)c(OC[C@H](O)CN2CCC3(CC2)Cc2cc(Cl)ccc2O3)c1. The number of rotatable bonds is 7. The monoisotopic (exact) mass is 445 g/mol. The van der Waals surface area contributed by atoms with Gasteiger partial charge in [0.2, 0.25) is 0 Å². The Morgan fingerprint density at radius 1 is 1.26 bits per heavy atom. The van der Waals surface area contributed by atoms with E-state index in [2.05, 4.69) is 4.90 Å². The molecule has 1 N–H and O–H groups in total. The van der Waals surface area contributed by atoms with Crippen molar-refractivity contribution in [2.45, 2.75) is 37.9 Å². The minimum Gasteiger partial charge on any atom is -0.497 e. The van der Waals surface area contributed by atoms with Crippen molar-refractivity contribution >= 4 is 17.4 Å². The Bertz CT molecular complexity index is 955. The van der Waals surface area contributed by atoms with Crippen molar-refractivity contribution in [1.82, 2.24) is 4.90 Å². The van der Waals surface area contributed by atoms with Gasteiger partial charge in [0.25, 0.3) is 0 Å². The molecule has 7 heteroatoms. The van der Waals surface area contributed by atoms with E-state index in [9.17, 15) is 9.90 Å². The van der Waals surface area contributed by atoms with Crippen molar-refractivity contribution < 1.29 is 24.1 Å². The summed E-state index contributed by atoms with van der Waals surface area (Å²) in [5.74, 6) is 1.88. The lowest BCUT2D eigenvalue weighted by atomic mass is 9.87. The topological polar surface area (TPSA) is 68.2 Å². The average Bonchev–Trinajstić information content (AvgIpc) is 3.10. The van der Waals surface area contributed by atoms with Gasteiger partial charge in [-0.15, -0.1) is 0 Å². The molecule has 31 heavy (non-hydrogen) atoms. The highest BCUT2D eigenvalue weighted by atomic mass is 35.5. The number of Topliss-reactive ketones (excluding diaryl/α,β-unsaturated/α-hetero) is 1. The van der Waals surface area contributed by atoms with Crippen LogP contribution in [-0.2, 0) is 6.42 Å². The maximum absolute atomic E-state index is 11.8. The summed E-state index contributed by atoms with van der Waals surface area (Å²) in [6.45, 7) is 3.79. The van der Waals surface area contributed by atoms with E-state index in [1.807, 2.05) is 18.2 Å². The molecule has 1 atom stereocenters. The molecule has 2 aromatic rings. The Balaban J connectivity index is 1.28. The van der Waals surface area contributed by atoms with Crippen molar-refractivity contribution in [1.29, 1.82) is 0 Å². The molecule has 166 valence electrons. The van der Waals surface area contributed by atoms with Crippen LogP contribution in [0.2, 0.25) is 5.02 Å². The summed E-state index contributed by atoms with van der Waals surface area (Å²) in [5.41, 5.74) is 1.49. The van der Waals surface area contributed by atoms with Crippen LogP contribution in [0.4, 0.5) is 0 Å². The number of hydrogen-bond acceptors (Lipinski definition) is 6. The fourth-order valence-corrected chi connectivity index (χ4v) is 4.60. The molecule has 2 aliphatic rings. The van der Waals surface area contributed by atoms with Crippen molar-refractivity contribution in [3.05, 3.63) is 52.5 Å². The zero-order valence-electron chi connectivity index (χ0n) is 17.9. The summed E-state index contributed by atoms with van der Waals surface area (Å²) in [6.07, 6.45) is 2.01. The number of methoxy groups -OCH3 is 1. The third-order valence-corrected chi connectivity index (χ3v) is 6.33. The number of likely N-dealkylation sites (tertiary alicyclic amines) is 1. The van der Waals surface area contributed by atoms with Crippen LogP contribution in [-0.4, -0.2) is 60.8 Å². The molecule has 4 rings (SSSR count). The molecule has 2 aromatic carbocycles. The second-order valence-electron chi connectivity index (χ2n) is 8.40. The van der Waals surface area contributed by atoms with Crippen molar-refractivity contribution in [3.8, 4) is 17.2 Å². The molecule has 6 nitrogen and oxygen atoms in total. The van der Waals surface area contributed by atoms with Gasteiger partial charge in [0.05, 0.1) is 12.7 Å². The first-order valence-electron chi connectivity index (χ1n) is 10.6. The van der Waals surface area contributed by atoms with Crippen molar-refractivity contribution in [3.63, 3.8) is 0 Å². The number of nitrogens with zero attached hydrogens (tertiary/aromatic N) is 1. The van der Waals surface area contributed by atoms with Gasteiger partial charge >= 0.3 is 0 Å². The number of fused-ring (bicyclic) bond motifs is 1. The van der Waals surface area contributed by atoms with Crippen molar-refractivity contribution in [2.24, 2.45) is 0 Å². The number of benzene rings is 2. The second kappa shape index (κ2) is 9.07. The second-order valence-corrected chi connectivity index (χ2v) is 8.83. The predicted molar refractivity (Wildman–Crippen MR) is 119 cm³/mol. The summed E-state index contributed by atoms with van der Waals surface area (Å²) in [6, 6.07) is 10.9. The highest BCUT2D eigenvalue weighted by Crippen LogP contribution is 2.41. The Morgan fingerprint density at radius 3 is 2.74 bits per heavy atom. The summed E-state index contributed by atoms with van der Waals surface area (Å²) in [7, 11) is 1.56. The van der Waals surface area contributed by atoms with E-state index in [0.717, 1.165) is 43.1 Å². The number of ether oxygens (including phenoxy) is 3. The molecule has 0 aromatic heterocycles. The number of β-amino-alcohol motifs (C(OH)–C–C–N with tert-alkyl or cyclic N) is 1. The predicted octanol–water partition coefficient (Wildman–Crippen LogP) is 3.76. The molecular formula is C24H28ClNO5. The summed E-state index contributed by atoms with van der Waals surface area (Å²) in [4.78, 5) is 14.1.